The third-order valence-electron chi connectivity index (χ3n) is 6.08. The number of rotatable bonds is 2. The van der Waals surface area contributed by atoms with E-state index in [9.17, 15) is 9.18 Å². The molecule has 2 atom stereocenters. The number of anilines is 1. The number of carbonyl (C=O) groups excluding carboxylic acids is 1. The molecule has 1 aliphatic carbocycles. The van der Waals surface area contributed by atoms with Gasteiger partial charge in [-0.3, -0.25) is 4.79 Å². The molecule has 3 heterocycles. The van der Waals surface area contributed by atoms with Crippen LogP contribution in [0.5, 0.6) is 0 Å². The third-order valence-corrected chi connectivity index (χ3v) is 6.08. The Hall–Kier alpha value is -1.72. The molecule has 3 fully saturated rings. The summed E-state index contributed by atoms with van der Waals surface area (Å²) in [5, 5.41) is 0. The van der Waals surface area contributed by atoms with Crippen LogP contribution >= 0.6 is 0 Å². The molecule has 1 aromatic rings. The van der Waals surface area contributed by atoms with Gasteiger partial charge in [0.25, 0.3) is 0 Å². The van der Waals surface area contributed by atoms with E-state index in [1.54, 1.807) is 0 Å². The molecule has 2 aliphatic heterocycles. The number of halogens is 1. The number of piperidine rings is 1. The molecule has 24 heavy (non-hydrogen) atoms. The van der Waals surface area contributed by atoms with Crippen molar-refractivity contribution in [3.8, 4) is 0 Å². The van der Waals surface area contributed by atoms with Crippen LogP contribution in [0, 0.1) is 23.6 Å². The number of hydrogen-bond donors (Lipinski definition) is 0. The molecular formula is C18H25FN4O. The monoisotopic (exact) mass is 332 g/mol. The van der Waals surface area contributed by atoms with Gasteiger partial charge in [-0.05, 0) is 37.5 Å². The van der Waals surface area contributed by atoms with Crippen LogP contribution in [-0.4, -0.2) is 47.0 Å². The first-order valence-electron chi connectivity index (χ1n) is 9.21. The lowest BCUT2D eigenvalue weighted by molar-refractivity contribution is -0.135. The van der Waals surface area contributed by atoms with Gasteiger partial charge in [-0.2, -0.15) is 0 Å². The van der Waals surface area contributed by atoms with Crippen LogP contribution < -0.4 is 4.90 Å². The van der Waals surface area contributed by atoms with Gasteiger partial charge in [0.2, 0.25) is 5.91 Å². The first-order chi connectivity index (χ1) is 11.7. The Bertz CT molecular complexity index is 588. The fourth-order valence-electron chi connectivity index (χ4n) is 4.72. The zero-order valence-corrected chi connectivity index (χ0v) is 14.0. The first-order valence-corrected chi connectivity index (χ1v) is 9.21. The topological polar surface area (TPSA) is 49.3 Å². The first kappa shape index (κ1) is 15.8. The fourth-order valence-corrected chi connectivity index (χ4v) is 4.72. The number of likely N-dealkylation sites (tertiary alicyclic amines) is 1. The van der Waals surface area contributed by atoms with Crippen molar-refractivity contribution in [1.29, 1.82) is 0 Å². The predicted octanol–water partition coefficient (Wildman–Crippen LogP) is 2.48. The van der Waals surface area contributed by atoms with Gasteiger partial charge < -0.3 is 9.80 Å². The Balaban J connectivity index is 1.34. The predicted molar refractivity (Wildman–Crippen MR) is 89.0 cm³/mol. The van der Waals surface area contributed by atoms with Crippen molar-refractivity contribution in [3.05, 3.63) is 18.3 Å². The van der Waals surface area contributed by atoms with Crippen molar-refractivity contribution < 1.29 is 9.18 Å². The Morgan fingerprint density at radius 2 is 1.75 bits per heavy atom. The minimum absolute atomic E-state index is 0.0892. The molecular weight excluding hydrogens is 307 g/mol. The maximum absolute atomic E-state index is 13.8. The van der Waals surface area contributed by atoms with Crippen molar-refractivity contribution in [1.82, 2.24) is 14.9 Å². The molecule has 130 valence electrons. The maximum Gasteiger partial charge on any atom is 0.225 e. The van der Waals surface area contributed by atoms with E-state index >= 15 is 0 Å². The minimum atomic E-state index is -0.383. The number of aromatic nitrogens is 2. The number of carbonyl (C=O) groups is 1. The van der Waals surface area contributed by atoms with E-state index in [0.717, 1.165) is 37.8 Å². The van der Waals surface area contributed by atoms with Crippen LogP contribution in [-0.2, 0) is 4.79 Å². The molecule has 1 aromatic heterocycles. The highest BCUT2D eigenvalue weighted by Crippen LogP contribution is 2.37. The van der Waals surface area contributed by atoms with Crippen molar-refractivity contribution in [2.75, 3.05) is 31.1 Å². The summed E-state index contributed by atoms with van der Waals surface area (Å²) in [5.41, 5.74) is 0. The molecule has 6 heteroatoms. The van der Waals surface area contributed by atoms with E-state index in [2.05, 4.69) is 14.9 Å². The molecule has 1 amide bonds. The van der Waals surface area contributed by atoms with Crippen LogP contribution in [0.25, 0.3) is 0 Å². The number of amides is 1. The number of hydrogen-bond acceptors (Lipinski definition) is 4. The lowest BCUT2D eigenvalue weighted by Gasteiger charge is -2.33. The van der Waals surface area contributed by atoms with E-state index in [1.807, 2.05) is 4.90 Å². The van der Waals surface area contributed by atoms with Crippen molar-refractivity contribution >= 4 is 11.7 Å². The number of fused-ring (bicyclic) bond motifs is 1. The number of nitrogens with zero attached hydrogens (tertiary/aromatic N) is 4. The quantitative estimate of drug-likeness (QED) is 0.835. The second-order valence-corrected chi connectivity index (χ2v) is 7.50. The zero-order chi connectivity index (χ0) is 16.5. The molecule has 0 radical (unpaired) electrons. The Morgan fingerprint density at radius 1 is 1.08 bits per heavy atom. The van der Waals surface area contributed by atoms with Crippen LogP contribution in [0.15, 0.2) is 12.5 Å². The Morgan fingerprint density at radius 3 is 2.38 bits per heavy atom. The minimum Gasteiger partial charge on any atom is -0.354 e. The van der Waals surface area contributed by atoms with E-state index in [1.165, 1.54) is 38.2 Å². The van der Waals surface area contributed by atoms with Crippen molar-refractivity contribution in [2.24, 2.45) is 17.8 Å². The molecule has 2 unspecified atom stereocenters. The van der Waals surface area contributed by atoms with Gasteiger partial charge in [-0.15, -0.1) is 0 Å². The van der Waals surface area contributed by atoms with E-state index in [4.69, 9.17) is 0 Å². The second-order valence-electron chi connectivity index (χ2n) is 7.50. The normalized spacial score (nSPS) is 28.0. The largest absolute Gasteiger partial charge is 0.354 e. The summed E-state index contributed by atoms with van der Waals surface area (Å²) < 4.78 is 13.8. The zero-order valence-electron chi connectivity index (χ0n) is 14.0. The van der Waals surface area contributed by atoms with Gasteiger partial charge >= 0.3 is 0 Å². The smallest absolute Gasteiger partial charge is 0.225 e. The van der Waals surface area contributed by atoms with E-state index in [-0.39, 0.29) is 11.7 Å². The molecule has 0 aromatic carbocycles. The lowest BCUT2D eigenvalue weighted by atomic mass is 9.82. The van der Waals surface area contributed by atoms with Crippen molar-refractivity contribution in [2.45, 2.75) is 38.5 Å². The third kappa shape index (κ3) is 2.98. The highest BCUT2D eigenvalue weighted by Gasteiger charge is 2.39. The Labute approximate surface area is 142 Å². The van der Waals surface area contributed by atoms with Crippen LogP contribution in [0.1, 0.15) is 38.5 Å². The summed E-state index contributed by atoms with van der Waals surface area (Å²) in [7, 11) is 0. The summed E-state index contributed by atoms with van der Waals surface area (Å²) in [4.78, 5) is 24.7. The summed E-state index contributed by atoms with van der Waals surface area (Å²) in [6, 6.07) is 0. The van der Waals surface area contributed by atoms with Gasteiger partial charge in [0.05, 0.1) is 6.20 Å². The van der Waals surface area contributed by atoms with Gasteiger partial charge in [-0.25, -0.2) is 14.4 Å². The van der Waals surface area contributed by atoms with E-state index in [0.29, 0.717) is 24.8 Å². The van der Waals surface area contributed by atoms with Crippen molar-refractivity contribution in [3.63, 3.8) is 0 Å². The van der Waals surface area contributed by atoms with Crippen LogP contribution in [0.4, 0.5) is 10.2 Å². The van der Waals surface area contributed by atoms with Gasteiger partial charge in [0.1, 0.15) is 6.33 Å². The summed E-state index contributed by atoms with van der Waals surface area (Å²) in [6.45, 7) is 3.30. The SMILES string of the molecule is O=C(C1CCN(c2ncncc2F)CC1)N1CC2CCCCC2C1. The molecule has 4 rings (SSSR count). The van der Waals surface area contributed by atoms with E-state index < -0.39 is 0 Å². The fraction of sp³-hybridized carbons (Fsp3) is 0.722. The summed E-state index contributed by atoms with van der Waals surface area (Å²) in [6.07, 6.45) is 9.38. The highest BCUT2D eigenvalue weighted by atomic mass is 19.1. The molecule has 0 bridgehead atoms. The average molecular weight is 332 g/mol. The lowest BCUT2D eigenvalue weighted by Crippen LogP contribution is -2.42. The van der Waals surface area contributed by atoms with Crippen LogP contribution in [0.2, 0.25) is 0 Å². The molecule has 0 N–H and O–H groups in total. The average Bonchev–Trinajstić information content (AvgIpc) is 3.06. The van der Waals surface area contributed by atoms with Gasteiger partial charge in [0, 0.05) is 32.1 Å². The van der Waals surface area contributed by atoms with Gasteiger partial charge in [-0.1, -0.05) is 12.8 Å². The molecule has 0 spiro atoms. The molecule has 5 nitrogen and oxygen atoms in total. The Kier molecular flexibility index (Phi) is 4.37. The summed E-state index contributed by atoms with van der Waals surface area (Å²) in [5.74, 6) is 1.86. The van der Waals surface area contributed by atoms with Crippen LogP contribution in [0.3, 0.4) is 0 Å². The second kappa shape index (κ2) is 6.65. The molecule has 1 saturated carbocycles. The molecule has 3 aliphatic rings. The highest BCUT2D eigenvalue weighted by molar-refractivity contribution is 5.79. The summed E-state index contributed by atoms with van der Waals surface area (Å²) >= 11 is 0. The standard InChI is InChI=1S/C18H25FN4O/c19-16-9-20-12-21-17(16)22-7-5-13(6-8-22)18(24)23-10-14-3-1-2-4-15(14)11-23/h9,12-15H,1-8,10-11H2. The molecule has 2 saturated heterocycles. The van der Waals surface area contributed by atoms with Gasteiger partial charge in [0.15, 0.2) is 11.6 Å². The maximum atomic E-state index is 13.8.